The summed E-state index contributed by atoms with van der Waals surface area (Å²) in [6.07, 6.45) is 6.70. The number of aromatic nitrogens is 2. The fourth-order valence-electron chi connectivity index (χ4n) is 2.91. The van der Waals surface area contributed by atoms with Crippen LogP contribution < -0.4 is 5.32 Å². The molecule has 2 aromatic rings. The minimum absolute atomic E-state index is 0.687. The Morgan fingerprint density at radius 2 is 2.21 bits per heavy atom. The Kier molecular flexibility index (Phi) is 3.53. The number of hydrogen-bond donors (Lipinski definition) is 1. The van der Waals surface area contributed by atoms with E-state index in [1.54, 1.807) is 0 Å². The van der Waals surface area contributed by atoms with E-state index in [0.717, 1.165) is 31.0 Å². The average molecular weight is 258 g/mol. The zero-order valence-electron chi connectivity index (χ0n) is 11.8. The molecule has 0 atom stereocenters. The Hall–Kier alpha value is -1.39. The van der Waals surface area contributed by atoms with Crippen molar-refractivity contribution >= 4 is 5.65 Å². The fourth-order valence-corrected chi connectivity index (χ4v) is 2.91. The van der Waals surface area contributed by atoms with Crippen molar-refractivity contribution in [3.8, 4) is 0 Å². The van der Waals surface area contributed by atoms with Gasteiger partial charge in [0, 0.05) is 25.0 Å². The standard InChI is InChI=1S/C15H22N4/c1-12-4-3-9-19-11-13(17-15(12)19)10-18(2)14-5-7-16-8-6-14/h3-4,9,11,14,16H,5-8,10H2,1-2H3. The van der Waals surface area contributed by atoms with Crippen molar-refractivity contribution in [3.63, 3.8) is 0 Å². The third-order valence-corrected chi connectivity index (χ3v) is 4.07. The summed E-state index contributed by atoms with van der Waals surface area (Å²) in [5.41, 5.74) is 3.48. The second kappa shape index (κ2) is 5.31. The number of nitrogens with zero attached hydrogens (tertiary/aromatic N) is 3. The Balaban J connectivity index is 1.75. The van der Waals surface area contributed by atoms with E-state index in [4.69, 9.17) is 4.98 Å². The molecular formula is C15H22N4. The number of fused-ring (bicyclic) bond motifs is 1. The van der Waals surface area contributed by atoms with Crippen LogP contribution in [0.5, 0.6) is 0 Å². The molecule has 0 spiro atoms. The number of piperidine rings is 1. The molecule has 0 unspecified atom stereocenters. The summed E-state index contributed by atoms with van der Waals surface area (Å²) in [5.74, 6) is 0. The number of pyridine rings is 1. The predicted molar refractivity (Wildman–Crippen MR) is 77.3 cm³/mol. The second-order valence-corrected chi connectivity index (χ2v) is 5.55. The summed E-state index contributed by atoms with van der Waals surface area (Å²) >= 11 is 0. The first kappa shape index (κ1) is 12.6. The number of hydrogen-bond acceptors (Lipinski definition) is 3. The van der Waals surface area contributed by atoms with E-state index < -0.39 is 0 Å². The van der Waals surface area contributed by atoms with Gasteiger partial charge in [0.1, 0.15) is 5.65 Å². The molecule has 102 valence electrons. The van der Waals surface area contributed by atoms with Crippen LogP contribution in [-0.2, 0) is 6.54 Å². The van der Waals surface area contributed by atoms with Crippen LogP contribution in [0.4, 0.5) is 0 Å². The first-order valence-corrected chi connectivity index (χ1v) is 7.08. The van der Waals surface area contributed by atoms with E-state index >= 15 is 0 Å². The Morgan fingerprint density at radius 3 is 2.95 bits per heavy atom. The van der Waals surface area contributed by atoms with Gasteiger partial charge in [0.05, 0.1) is 5.69 Å². The van der Waals surface area contributed by atoms with E-state index in [-0.39, 0.29) is 0 Å². The van der Waals surface area contributed by atoms with Crippen molar-refractivity contribution in [2.45, 2.75) is 32.4 Å². The normalized spacial score (nSPS) is 17.4. The van der Waals surface area contributed by atoms with Gasteiger partial charge in [-0.05, 0) is 51.5 Å². The molecule has 19 heavy (non-hydrogen) atoms. The van der Waals surface area contributed by atoms with Crippen molar-refractivity contribution in [1.82, 2.24) is 19.6 Å². The van der Waals surface area contributed by atoms with Gasteiger partial charge in [-0.15, -0.1) is 0 Å². The SMILES string of the molecule is Cc1cccn2cc(CN(C)C3CCNCC3)nc12. The van der Waals surface area contributed by atoms with Crippen molar-refractivity contribution < 1.29 is 0 Å². The van der Waals surface area contributed by atoms with Crippen LogP contribution in [0.15, 0.2) is 24.5 Å². The number of aryl methyl sites for hydroxylation is 1. The largest absolute Gasteiger partial charge is 0.317 e. The maximum atomic E-state index is 4.75. The lowest BCUT2D eigenvalue weighted by Crippen LogP contribution is -2.40. The van der Waals surface area contributed by atoms with E-state index in [1.807, 2.05) is 0 Å². The Morgan fingerprint density at radius 1 is 1.42 bits per heavy atom. The highest BCUT2D eigenvalue weighted by Gasteiger charge is 2.18. The number of nitrogens with one attached hydrogen (secondary N) is 1. The minimum Gasteiger partial charge on any atom is -0.317 e. The van der Waals surface area contributed by atoms with Crippen LogP contribution in [-0.4, -0.2) is 40.5 Å². The number of imidazole rings is 1. The maximum Gasteiger partial charge on any atom is 0.139 e. The molecule has 0 aromatic carbocycles. The summed E-state index contributed by atoms with van der Waals surface area (Å²) in [4.78, 5) is 7.20. The van der Waals surface area contributed by atoms with E-state index in [2.05, 4.69) is 53.1 Å². The van der Waals surface area contributed by atoms with Crippen LogP contribution in [0.2, 0.25) is 0 Å². The molecule has 0 bridgehead atoms. The van der Waals surface area contributed by atoms with Crippen LogP contribution >= 0.6 is 0 Å². The van der Waals surface area contributed by atoms with Crippen molar-refractivity contribution in [2.24, 2.45) is 0 Å². The van der Waals surface area contributed by atoms with Gasteiger partial charge >= 0.3 is 0 Å². The highest BCUT2D eigenvalue weighted by Crippen LogP contribution is 2.15. The lowest BCUT2D eigenvalue weighted by atomic mass is 10.1. The summed E-state index contributed by atoms with van der Waals surface area (Å²) in [6.45, 7) is 5.33. The van der Waals surface area contributed by atoms with Gasteiger partial charge < -0.3 is 9.72 Å². The van der Waals surface area contributed by atoms with Gasteiger partial charge in [0.25, 0.3) is 0 Å². The third-order valence-electron chi connectivity index (χ3n) is 4.07. The summed E-state index contributed by atoms with van der Waals surface area (Å²) < 4.78 is 2.13. The van der Waals surface area contributed by atoms with Gasteiger partial charge in [-0.2, -0.15) is 0 Å². The summed E-state index contributed by atoms with van der Waals surface area (Å²) in [5, 5.41) is 3.42. The van der Waals surface area contributed by atoms with Crippen LogP contribution in [0.3, 0.4) is 0 Å². The predicted octanol–water partition coefficient (Wildman–Crippen LogP) is 1.83. The first-order chi connectivity index (χ1) is 9.24. The minimum atomic E-state index is 0.687. The fraction of sp³-hybridized carbons (Fsp3) is 0.533. The van der Waals surface area contributed by atoms with Gasteiger partial charge in [-0.25, -0.2) is 4.98 Å². The lowest BCUT2D eigenvalue weighted by Gasteiger charge is -2.31. The van der Waals surface area contributed by atoms with Gasteiger partial charge in [0.15, 0.2) is 0 Å². The zero-order chi connectivity index (χ0) is 13.2. The summed E-state index contributed by atoms with van der Waals surface area (Å²) in [6, 6.07) is 4.87. The van der Waals surface area contributed by atoms with Gasteiger partial charge in [-0.3, -0.25) is 4.90 Å². The highest BCUT2D eigenvalue weighted by atomic mass is 15.2. The molecule has 4 heteroatoms. The molecule has 1 N–H and O–H groups in total. The molecule has 2 aromatic heterocycles. The smallest absolute Gasteiger partial charge is 0.139 e. The lowest BCUT2D eigenvalue weighted by molar-refractivity contribution is 0.190. The molecule has 0 aliphatic carbocycles. The molecule has 1 aliphatic rings. The molecule has 0 amide bonds. The molecule has 3 rings (SSSR count). The molecule has 3 heterocycles. The van der Waals surface area contributed by atoms with Crippen molar-refractivity contribution in [1.29, 1.82) is 0 Å². The molecule has 1 aliphatic heterocycles. The van der Waals surface area contributed by atoms with Crippen LogP contribution in [0.1, 0.15) is 24.1 Å². The molecule has 1 saturated heterocycles. The van der Waals surface area contributed by atoms with Gasteiger partial charge in [-0.1, -0.05) is 6.07 Å². The third kappa shape index (κ3) is 2.65. The van der Waals surface area contributed by atoms with Crippen molar-refractivity contribution in [3.05, 3.63) is 35.8 Å². The van der Waals surface area contributed by atoms with Crippen LogP contribution in [0, 0.1) is 6.92 Å². The van der Waals surface area contributed by atoms with Crippen molar-refractivity contribution in [2.75, 3.05) is 20.1 Å². The zero-order valence-corrected chi connectivity index (χ0v) is 11.8. The van der Waals surface area contributed by atoms with Crippen LogP contribution in [0.25, 0.3) is 5.65 Å². The number of rotatable bonds is 3. The average Bonchev–Trinajstić information content (AvgIpc) is 2.84. The molecular weight excluding hydrogens is 236 g/mol. The van der Waals surface area contributed by atoms with Gasteiger partial charge in [0.2, 0.25) is 0 Å². The summed E-state index contributed by atoms with van der Waals surface area (Å²) in [7, 11) is 2.22. The molecule has 0 radical (unpaired) electrons. The molecule has 1 fully saturated rings. The maximum absolute atomic E-state index is 4.75. The topological polar surface area (TPSA) is 32.6 Å². The first-order valence-electron chi connectivity index (χ1n) is 7.08. The highest BCUT2D eigenvalue weighted by molar-refractivity contribution is 5.47. The van der Waals surface area contributed by atoms with E-state index in [1.165, 1.54) is 18.4 Å². The quantitative estimate of drug-likeness (QED) is 0.911. The van der Waals surface area contributed by atoms with E-state index in [9.17, 15) is 0 Å². The Bertz CT molecular complexity index is 554. The monoisotopic (exact) mass is 258 g/mol. The second-order valence-electron chi connectivity index (χ2n) is 5.55. The Labute approximate surface area is 114 Å². The molecule has 4 nitrogen and oxygen atoms in total. The van der Waals surface area contributed by atoms with E-state index in [0.29, 0.717) is 6.04 Å². The molecule has 0 saturated carbocycles.